The SMILES string of the molecule is O=C1OC[C@@H]2[C@H]1[C@@H](c1ccccc1)c1ccccc1[C@@H]2O. The van der Waals surface area contributed by atoms with Crippen LogP contribution in [0.4, 0.5) is 0 Å². The Bertz CT molecular complexity index is 680. The zero-order valence-corrected chi connectivity index (χ0v) is 11.5. The normalized spacial score (nSPS) is 30.4. The molecule has 1 saturated heterocycles. The van der Waals surface area contributed by atoms with Gasteiger partial charge in [-0.3, -0.25) is 4.79 Å². The van der Waals surface area contributed by atoms with E-state index in [4.69, 9.17) is 4.74 Å². The van der Waals surface area contributed by atoms with Crippen LogP contribution in [-0.4, -0.2) is 17.7 Å². The van der Waals surface area contributed by atoms with Gasteiger partial charge in [-0.15, -0.1) is 0 Å². The summed E-state index contributed by atoms with van der Waals surface area (Å²) in [4.78, 5) is 12.2. The summed E-state index contributed by atoms with van der Waals surface area (Å²) in [7, 11) is 0. The monoisotopic (exact) mass is 280 g/mol. The van der Waals surface area contributed by atoms with Gasteiger partial charge in [0, 0.05) is 11.8 Å². The molecule has 0 radical (unpaired) electrons. The number of fused-ring (bicyclic) bond motifs is 2. The van der Waals surface area contributed by atoms with Crippen molar-refractivity contribution in [1.29, 1.82) is 0 Å². The summed E-state index contributed by atoms with van der Waals surface area (Å²) >= 11 is 0. The van der Waals surface area contributed by atoms with Crippen LogP contribution in [0.1, 0.15) is 28.7 Å². The standard InChI is InChI=1S/C18H16O3/c19-17-13-9-5-4-8-12(13)15(11-6-2-1-3-7-11)16-14(17)10-21-18(16)20/h1-9,14-17,19H,10H2/t14-,15+,16+,17+/m1/s1. The van der Waals surface area contributed by atoms with E-state index in [1.165, 1.54) is 0 Å². The van der Waals surface area contributed by atoms with E-state index in [-0.39, 0.29) is 23.7 Å². The lowest BCUT2D eigenvalue weighted by molar-refractivity contribution is -0.141. The van der Waals surface area contributed by atoms with E-state index in [1.807, 2.05) is 54.6 Å². The van der Waals surface area contributed by atoms with Gasteiger partial charge in [-0.05, 0) is 16.7 Å². The maximum atomic E-state index is 12.2. The summed E-state index contributed by atoms with van der Waals surface area (Å²) in [5.41, 5.74) is 3.06. The fourth-order valence-electron chi connectivity index (χ4n) is 3.76. The van der Waals surface area contributed by atoms with Gasteiger partial charge < -0.3 is 9.84 Å². The highest BCUT2D eigenvalue weighted by Gasteiger charge is 2.51. The number of benzene rings is 2. The maximum absolute atomic E-state index is 12.2. The fraction of sp³-hybridized carbons (Fsp3) is 0.278. The van der Waals surface area contributed by atoms with E-state index in [9.17, 15) is 9.90 Å². The first-order valence-electron chi connectivity index (χ1n) is 7.26. The van der Waals surface area contributed by atoms with E-state index in [0.717, 1.165) is 16.7 Å². The second-order valence-corrected chi connectivity index (χ2v) is 5.78. The second kappa shape index (κ2) is 4.71. The summed E-state index contributed by atoms with van der Waals surface area (Å²) in [6, 6.07) is 17.9. The van der Waals surface area contributed by atoms with Crippen molar-refractivity contribution in [3.63, 3.8) is 0 Å². The number of carbonyl (C=O) groups excluding carboxylic acids is 1. The van der Waals surface area contributed by atoms with Crippen molar-refractivity contribution in [3.8, 4) is 0 Å². The van der Waals surface area contributed by atoms with Crippen molar-refractivity contribution in [1.82, 2.24) is 0 Å². The van der Waals surface area contributed by atoms with Crippen molar-refractivity contribution < 1.29 is 14.6 Å². The Hall–Kier alpha value is -2.13. The molecule has 3 nitrogen and oxygen atoms in total. The van der Waals surface area contributed by atoms with Crippen LogP contribution >= 0.6 is 0 Å². The van der Waals surface area contributed by atoms with Gasteiger partial charge in [-0.2, -0.15) is 0 Å². The molecule has 1 aliphatic heterocycles. The lowest BCUT2D eigenvalue weighted by Crippen LogP contribution is -2.34. The largest absolute Gasteiger partial charge is 0.465 e. The molecule has 4 atom stereocenters. The number of esters is 1. The Labute approximate surface area is 123 Å². The Kier molecular flexibility index (Phi) is 2.82. The number of carbonyl (C=O) groups is 1. The summed E-state index contributed by atoms with van der Waals surface area (Å²) in [6.45, 7) is 0.308. The summed E-state index contributed by atoms with van der Waals surface area (Å²) in [6.07, 6.45) is -0.627. The van der Waals surface area contributed by atoms with Crippen molar-refractivity contribution in [2.45, 2.75) is 12.0 Å². The number of rotatable bonds is 1. The molecule has 1 aliphatic carbocycles. The molecule has 4 rings (SSSR count). The van der Waals surface area contributed by atoms with Crippen LogP contribution in [0, 0.1) is 11.8 Å². The zero-order chi connectivity index (χ0) is 14.4. The van der Waals surface area contributed by atoms with Gasteiger partial charge in [0.05, 0.1) is 18.6 Å². The number of ether oxygens (including phenoxy) is 1. The molecule has 1 fully saturated rings. The van der Waals surface area contributed by atoms with Crippen LogP contribution in [0.5, 0.6) is 0 Å². The van der Waals surface area contributed by atoms with Crippen molar-refractivity contribution >= 4 is 5.97 Å². The molecule has 0 saturated carbocycles. The summed E-state index contributed by atoms with van der Waals surface area (Å²) < 4.78 is 5.25. The highest BCUT2D eigenvalue weighted by Crippen LogP contribution is 2.51. The third-order valence-electron chi connectivity index (χ3n) is 4.72. The lowest BCUT2D eigenvalue weighted by Gasteiger charge is -2.36. The number of aliphatic hydroxyl groups excluding tert-OH is 1. The van der Waals surface area contributed by atoms with Gasteiger partial charge in [-0.25, -0.2) is 0 Å². The molecule has 2 aliphatic rings. The first kappa shape index (κ1) is 12.6. The first-order valence-corrected chi connectivity index (χ1v) is 7.26. The number of hydrogen-bond donors (Lipinski definition) is 1. The van der Waals surface area contributed by atoms with Gasteiger partial charge in [0.2, 0.25) is 0 Å². The third kappa shape index (κ3) is 1.81. The van der Waals surface area contributed by atoms with E-state index in [1.54, 1.807) is 0 Å². The van der Waals surface area contributed by atoms with Crippen molar-refractivity contribution in [2.24, 2.45) is 11.8 Å². The molecule has 0 amide bonds. The molecular formula is C18H16O3. The molecule has 0 unspecified atom stereocenters. The topological polar surface area (TPSA) is 46.5 Å². The van der Waals surface area contributed by atoms with Gasteiger partial charge in [0.15, 0.2) is 0 Å². The molecule has 21 heavy (non-hydrogen) atoms. The molecule has 2 aromatic carbocycles. The maximum Gasteiger partial charge on any atom is 0.310 e. The van der Waals surface area contributed by atoms with Gasteiger partial charge in [0.1, 0.15) is 0 Å². The average molecular weight is 280 g/mol. The molecule has 0 bridgehead atoms. The zero-order valence-electron chi connectivity index (χ0n) is 11.5. The van der Waals surface area contributed by atoms with Gasteiger partial charge in [0.25, 0.3) is 0 Å². The second-order valence-electron chi connectivity index (χ2n) is 5.78. The predicted octanol–water partition coefficient (Wildman–Crippen LogP) is 2.65. The van der Waals surface area contributed by atoms with E-state index >= 15 is 0 Å². The highest BCUT2D eigenvalue weighted by molar-refractivity contribution is 5.78. The number of hydrogen-bond acceptors (Lipinski definition) is 3. The average Bonchev–Trinajstić information content (AvgIpc) is 2.91. The lowest BCUT2D eigenvalue weighted by atomic mass is 9.66. The van der Waals surface area contributed by atoms with Crippen LogP contribution in [0.2, 0.25) is 0 Å². The van der Waals surface area contributed by atoms with E-state index < -0.39 is 6.10 Å². The minimum Gasteiger partial charge on any atom is -0.465 e. The Morgan fingerprint density at radius 1 is 0.952 bits per heavy atom. The Morgan fingerprint density at radius 2 is 1.62 bits per heavy atom. The van der Waals surface area contributed by atoms with E-state index in [2.05, 4.69) is 0 Å². The molecule has 1 heterocycles. The molecule has 2 aromatic rings. The molecule has 3 heteroatoms. The highest BCUT2D eigenvalue weighted by atomic mass is 16.5. The van der Waals surface area contributed by atoms with Crippen molar-refractivity contribution in [2.75, 3.05) is 6.61 Å². The van der Waals surface area contributed by atoms with Crippen molar-refractivity contribution in [3.05, 3.63) is 71.3 Å². The third-order valence-corrected chi connectivity index (χ3v) is 4.72. The fourth-order valence-corrected chi connectivity index (χ4v) is 3.76. The molecule has 0 spiro atoms. The van der Waals surface area contributed by atoms with Gasteiger partial charge >= 0.3 is 5.97 Å². The van der Waals surface area contributed by atoms with Crippen LogP contribution in [0.3, 0.4) is 0 Å². The molecule has 0 aromatic heterocycles. The summed E-state index contributed by atoms with van der Waals surface area (Å²) in [5, 5.41) is 10.6. The number of cyclic esters (lactones) is 1. The predicted molar refractivity (Wildman–Crippen MR) is 77.6 cm³/mol. The Morgan fingerprint density at radius 3 is 2.38 bits per heavy atom. The van der Waals surface area contributed by atoms with Crippen LogP contribution in [-0.2, 0) is 9.53 Å². The van der Waals surface area contributed by atoms with Gasteiger partial charge in [-0.1, -0.05) is 54.6 Å². The van der Waals surface area contributed by atoms with Crippen LogP contribution in [0.15, 0.2) is 54.6 Å². The number of aliphatic hydroxyl groups is 1. The van der Waals surface area contributed by atoms with Crippen LogP contribution < -0.4 is 0 Å². The summed E-state index contributed by atoms with van der Waals surface area (Å²) in [5.74, 6) is -0.678. The quantitative estimate of drug-likeness (QED) is 0.817. The first-order chi connectivity index (χ1) is 10.3. The molecular weight excluding hydrogens is 264 g/mol. The Balaban J connectivity index is 1.93. The smallest absolute Gasteiger partial charge is 0.310 e. The minimum atomic E-state index is -0.627. The van der Waals surface area contributed by atoms with E-state index in [0.29, 0.717) is 6.61 Å². The van der Waals surface area contributed by atoms with Crippen LogP contribution in [0.25, 0.3) is 0 Å². The minimum absolute atomic E-state index is 0.0363. The molecule has 106 valence electrons. The molecule has 1 N–H and O–H groups in total.